The first kappa shape index (κ1) is 9.95. The van der Waals surface area contributed by atoms with E-state index in [0.29, 0.717) is 5.92 Å². The lowest BCUT2D eigenvalue weighted by Gasteiger charge is -2.11. The summed E-state index contributed by atoms with van der Waals surface area (Å²) in [4.78, 5) is 0. The van der Waals surface area contributed by atoms with Crippen LogP contribution in [0.3, 0.4) is 0 Å². The maximum atomic E-state index is 5.82. The van der Waals surface area contributed by atoms with E-state index in [1.807, 2.05) is 18.2 Å². The molecule has 0 fully saturated rings. The molecule has 1 rings (SSSR count). The Morgan fingerprint density at radius 3 is 2.17 bits per heavy atom. The normalized spacial score (nSPS) is 10.4. The molecular formula is C9H11BCl2. The van der Waals surface area contributed by atoms with Crippen molar-refractivity contribution < 1.29 is 0 Å². The minimum Gasteiger partial charge on any atom is -0.165 e. The second-order valence-corrected chi connectivity index (χ2v) is 4.18. The minimum atomic E-state index is -0.413. The predicted octanol–water partition coefficient (Wildman–Crippen LogP) is 2.98. The fraction of sp³-hybridized carbons (Fsp3) is 0.333. The van der Waals surface area contributed by atoms with Gasteiger partial charge in [-0.1, -0.05) is 38.1 Å². The van der Waals surface area contributed by atoms with Gasteiger partial charge in [-0.25, -0.2) is 0 Å². The van der Waals surface area contributed by atoms with Gasteiger partial charge >= 0.3 is 5.54 Å². The van der Waals surface area contributed by atoms with Crippen molar-refractivity contribution in [2.24, 2.45) is 0 Å². The molecule has 0 heterocycles. The zero-order chi connectivity index (χ0) is 9.14. The minimum absolute atomic E-state index is 0.413. The van der Waals surface area contributed by atoms with Crippen LogP contribution in [0, 0.1) is 0 Å². The molecular weight excluding hydrogens is 190 g/mol. The topological polar surface area (TPSA) is 0 Å². The molecule has 0 bridgehead atoms. The summed E-state index contributed by atoms with van der Waals surface area (Å²) < 4.78 is 0. The molecule has 0 unspecified atom stereocenters. The van der Waals surface area contributed by atoms with E-state index in [4.69, 9.17) is 22.9 Å². The standard InChI is InChI=1S/C9H11BCl2/c1-7(2)8-5-3-4-6-9(8)10(11)12/h3-7H,1-2H3. The molecule has 0 aliphatic rings. The molecule has 0 spiro atoms. The van der Waals surface area contributed by atoms with Crippen molar-refractivity contribution >= 4 is 33.9 Å². The van der Waals surface area contributed by atoms with E-state index >= 15 is 0 Å². The molecule has 0 saturated heterocycles. The number of hydrogen-bond acceptors (Lipinski definition) is 0. The molecule has 0 atom stereocenters. The van der Waals surface area contributed by atoms with Gasteiger partial charge in [-0.3, -0.25) is 0 Å². The predicted molar refractivity (Wildman–Crippen MR) is 57.6 cm³/mol. The molecule has 64 valence electrons. The van der Waals surface area contributed by atoms with Crippen LogP contribution in [0.4, 0.5) is 0 Å². The molecule has 0 amide bonds. The first-order chi connectivity index (χ1) is 5.63. The van der Waals surface area contributed by atoms with Crippen molar-refractivity contribution in [3.05, 3.63) is 29.8 Å². The summed E-state index contributed by atoms with van der Waals surface area (Å²) >= 11 is 11.6. The Hall–Kier alpha value is -0.135. The third-order valence-corrected chi connectivity index (χ3v) is 2.32. The largest absolute Gasteiger partial charge is 0.383 e. The monoisotopic (exact) mass is 200 g/mol. The third-order valence-electron chi connectivity index (χ3n) is 1.85. The van der Waals surface area contributed by atoms with E-state index in [0.717, 1.165) is 5.46 Å². The number of halogens is 2. The maximum absolute atomic E-state index is 5.82. The Morgan fingerprint density at radius 1 is 1.17 bits per heavy atom. The average molecular weight is 201 g/mol. The number of rotatable bonds is 2. The highest BCUT2D eigenvalue weighted by molar-refractivity contribution is 7.39. The van der Waals surface area contributed by atoms with Crippen LogP contribution in [0.2, 0.25) is 0 Å². The molecule has 12 heavy (non-hydrogen) atoms. The van der Waals surface area contributed by atoms with Crippen LogP contribution in [0.15, 0.2) is 24.3 Å². The summed E-state index contributed by atoms with van der Waals surface area (Å²) in [5.41, 5.74) is 1.84. The van der Waals surface area contributed by atoms with Crippen LogP contribution in [0.1, 0.15) is 25.3 Å². The van der Waals surface area contributed by atoms with Crippen molar-refractivity contribution in [3.63, 3.8) is 0 Å². The summed E-state index contributed by atoms with van der Waals surface area (Å²) in [5.74, 6) is 0.473. The Kier molecular flexibility index (Phi) is 3.48. The second kappa shape index (κ2) is 4.20. The zero-order valence-corrected chi connectivity index (χ0v) is 8.73. The third kappa shape index (κ3) is 2.18. The van der Waals surface area contributed by atoms with Gasteiger partial charge in [0.2, 0.25) is 0 Å². The highest BCUT2D eigenvalue weighted by Gasteiger charge is 2.14. The molecule has 0 nitrogen and oxygen atoms in total. The maximum Gasteiger partial charge on any atom is 0.383 e. The van der Waals surface area contributed by atoms with Crippen LogP contribution in [0.5, 0.6) is 0 Å². The van der Waals surface area contributed by atoms with Crippen LogP contribution < -0.4 is 5.46 Å². The summed E-state index contributed by atoms with van der Waals surface area (Å²) in [7, 11) is 0. The Morgan fingerprint density at radius 2 is 1.75 bits per heavy atom. The molecule has 1 aromatic carbocycles. The highest BCUT2D eigenvalue weighted by Crippen LogP contribution is 2.13. The molecule has 0 radical (unpaired) electrons. The average Bonchev–Trinajstić information content (AvgIpc) is 2.04. The van der Waals surface area contributed by atoms with Crippen LogP contribution >= 0.6 is 22.9 Å². The van der Waals surface area contributed by atoms with E-state index in [1.165, 1.54) is 5.56 Å². The van der Waals surface area contributed by atoms with E-state index in [-0.39, 0.29) is 0 Å². The van der Waals surface area contributed by atoms with Crippen molar-refractivity contribution in [1.82, 2.24) is 0 Å². The number of hydrogen-bond donors (Lipinski definition) is 0. The zero-order valence-electron chi connectivity index (χ0n) is 7.22. The van der Waals surface area contributed by atoms with Gasteiger partial charge < -0.3 is 0 Å². The smallest absolute Gasteiger partial charge is 0.165 e. The quantitative estimate of drug-likeness (QED) is 0.645. The molecule has 0 aromatic heterocycles. The summed E-state index contributed by atoms with van der Waals surface area (Å²) in [5, 5.41) is 0. The summed E-state index contributed by atoms with van der Waals surface area (Å²) in [6.45, 7) is 4.27. The van der Waals surface area contributed by atoms with Crippen molar-refractivity contribution in [1.29, 1.82) is 0 Å². The lowest BCUT2D eigenvalue weighted by Crippen LogP contribution is -2.23. The molecule has 0 aliphatic heterocycles. The SMILES string of the molecule is CC(C)c1ccccc1B(Cl)Cl. The molecule has 3 heteroatoms. The van der Waals surface area contributed by atoms with Gasteiger partial charge in [-0.2, -0.15) is 22.9 Å². The lowest BCUT2D eigenvalue weighted by molar-refractivity contribution is 0.873. The van der Waals surface area contributed by atoms with Gasteiger partial charge in [0.25, 0.3) is 0 Å². The van der Waals surface area contributed by atoms with Gasteiger partial charge in [0.15, 0.2) is 0 Å². The summed E-state index contributed by atoms with van der Waals surface area (Å²) in [6.07, 6.45) is 0. The Bertz CT molecular complexity index is 231. The van der Waals surface area contributed by atoms with Crippen LogP contribution in [-0.2, 0) is 0 Å². The van der Waals surface area contributed by atoms with E-state index in [9.17, 15) is 0 Å². The first-order valence-electron chi connectivity index (χ1n) is 4.00. The lowest BCUT2D eigenvalue weighted by atomic mass is 9.83. The summed E-state index contributed by atoms with van der Waals surface area (Å²) in [6, 6.07) is 8.01. The van der Waals surface area contributed by atoms with Gasteiger partial charge in [-0.15, -0.1) is 0 Å². The van der Waals surface area contributed by atoms with Crippen molar-refractivity contribution in [2.45, 2.75) is 19.8 Å². The van der Waals surface area contributed by atoms with Crippen molar-refractivity contribution in [2.75, 3.05) is 0 Å². The molecule has 1 aromatic rings. The Balaban J connectivity index is 3.09. The molecule has 0 aliphatic carbocycles. The van der Waals surface area contributed by atoms with Gasteiger partial charge in [-0.05, 0) is 16.9 Å². The first-order valence-corrected chi connectivity index (χ1v) is 4.87. The van der Waals surface area contributed by atoms with Crippen LogP contribution in [0.25, 0.3) is 0 Å². The molecule has 0 N–H and O–H groups in total. The fourth-order valence-electron chi connectivity index (χ4n) is 1.24. The van der Waals surface area contributed by atoms with E-state index in [2.05, 4.69) is 19.9 Å². The number of benzene rings is 1. The van der Waals surface area contributed by atoms with E-state index < -0.39 is 5.54 Å². The van der Waals surface area contributed by atoms with Gasteiger partial charge in [0, 0.05) is 0 Å². The Labute approximate surface area is 83.8 Å². The fourth-order valence-corrected chi connectivity index (χ4v) is 1.63. The van der Waals surface area contributed by atoms with Crippen LogP contribution in [-0.4, -0.2) is 5.54 Å². The van der Waals surface area contributed by atoms with E-state index in [1.54, 1.807) is 0 Å². The van der Waals surface area contributed by atoms with Gasteiger partial charge in [0.1, 0.15) is 0 Å². The second-order valence-electron chi connectivity index (χ2n) is 3.08. The van der Waals surface area contributed by atoms with Gasteiger partial charge in [0.05, 0.1) is 0 Å². The van der Waals surface area contributed by atoms with Crippen molar-refractivity contribution in [3.8, 4) is 0 Å². The highest BCUT2D eigenvalue weighted by atomic mass is 35.5. The molecule has 0 saturated carbocycles.